The van der Waals surface area contributed by atoms with Gasteiger partial charge in [-0.05, 0) is 23.8 Å². The molecule has 0 unspecified atom stereocenters. The molecule has 1 heterocycles. The van der Waals surface area contributed by atoms with E-state index in [-0.39, 0.29) is 35.1 Å². The molecule has 0 saturated heterocycles. The maximum absolute atomic E-state index is 12.8. The number of aliphatic hydroxyl groups is 1. The number of carbonyl (C=O) groups is 1. The third-order valence-corrected chi connectivity index (χ3v) is 5.48. The molecule has 0 radical (unpaired) electrons. The van der Waals surface area contributed by atoms with Gasteiger partial charge in [-0.25, -0.2) is 8.42 Å². The van der Waals surface area contributed by atoms with E-state index < -0.39 is 10.0 Å². The number of fused-ring (bicyclic) bond motifs is 1. The molecular formula is C17H15NO4S. The maximum Gasteiger partial charge on any atom is 0.265 e. The molecule has 0 aliphatic carbocycles. The normalized spacial score (nSPS) is 18.0. The summed E-state index contributed by atoms with van der Waals surface area (Å²) in [5.41, 5.74) is 0.918. The summed E-state index contributed by atoms with van der Waals surface area (Å²) in [5.74, 6) is -0.368. The number of nitrogens with zero attached hydrogens (tertiary/aromatic N) is 1. The lowest BCUT2D eigenvalue weighted by Crippen LogP contribution is -2.40. The minimum atomic E-state index is -3.86. The molecule has 0 saturated carbocycles. The molecule has 0 spiro atoms. The number of ketones is 1. The Labute approximate surface area is 134 Å². The van der Waals surface area contributed by atoms with Gasteiger partial charge < -0.3 is 5.11 Å². The quantitative estimate of drug-likeness (QED) is 0.873. The highest BCUT2D eigenvalue weighted by Gasteiger charge is 2.38. The topological polar surface area (TPSA) is 74.7 Å². The number of hydrogen-bond donors (Lipinski definition) is 1. The number of benzene rings is 2. The maximum atomic E-state index is 12.8. The Morgan fingerprint density at radius 3 is 2.35 bits per heavy atom. The van der Waals surface area contributed by atoms with Crippen LogP contribution in [0.3, 0.4) is 0 Å². The molecule has 118 valence electrons. The number of aliphatic hydroxyl groups excluding tert-OH is 1. The van der Waals surface area contributed by atoms with Crippen LogP contribution in [0.15, 0.2) is 65.2 Å². The number of carbonyl (C=O) groups excluding carboxylic acids is 1. The van der Waals surface area contributed by atoms with E-state index in [1.54, 1.807) is 36.4 Å². The minimum Gasteiger partial charge on any atom is -0.394 e. The molecule has 0 fully saturated rings. The molecule has 1 aliphatic heterocycles. The van der Waals surface area contributed by atoms with Crippen LogP contribution in [-0.2, 0) is 10.0 Å². The van der Waals surface area contributed by atoms with Crippen molar-refractivity contribution in [3.63, 3.8) is 0 Å². The summed E-state index contributed by atoms with van der Waals surface area (Å²) in [6.45, 7) is -0.540. The van der Waals surface area contributed by atoms with Gasteiger partial charge in [0, 0.05) is 5.56 Å². The van der Waals surface area contributed by atoms with Gasteiger partial charge in [0.2, 0.25) is 5.78 Å². The van der Waals surface area contributed by atoms with Crippen molar-refractivity contribution < 1.29 is 18.3 Å². The Balaban J connectivity index is 2.23. The first-order chi connectivity index (χ1) is 11.1. The highest BCUT2D eigenvalue weighted by Crippen LogP contribution is 2.32. The van der Waals surface area contributed by atoms with Crippen molar-refractivity contribution in [1.82, 2.24) is 4.31 Å². The summed E-state index contributed by atoms with van der Waals surface area (Å²) in [6, 6.07) is 15.1. The first-order valence-corrected chi connectivity index (χ1v) is 8.54. The van der Waals surface area contributed by atoms with E-state index in [9.17, 15) is 18.3 Å². The van der Waals surface area contributed by atoms with Gasteiger partial charge in [-0.3, -0.25) is 9.10 Å². The highest BCUT2D eigenvalue weighted by atomic mass is 32.2. The summed E-state index contributed by atoms with van der Waals surface area (Å²) in [4.78, 5) is 12.7. The second kappa shape index (κ2) is 5.98. The average molecular weight is 329 g/mol. The van der Waals surface area contributed by atoms with Gasteiger partial charge in [0.1, 0.15) is 5.70 Å². The molecular weight excluding hydrogens is 314 g/mol. The second-order valence-electron chi connectivity index (χ2n) is 5.07. The molecule has 6 heteroatoms. The molecule has 2 aromatic carbocycles. The van der Waals surface area contributed by atoms with Crippen molar-refractivity contribution in [1.29, 1.82) is 0 Å². The number of hydrogen-bond acceptors (Lipinski definition) is 4. The van der Waals surface area contributed by atoms with Gasteiger partial charge in [0.25, 0.3) is 10.0 Å². The van der Waals surface area contributed by atoms with Crippen LogP contribution in [0.2, 0.25) is 0 Å². The monoisotopic (exact) mass is 329 g/mol. The summed E-state index contributed by atoms with van der Waals surface area (Å²) in [7, 11) is -3.86. The van der Waals surface area contributed by atoms with E-state index >= 15 is 0 Å². The number of allylic oxidation sites excluding steroid dienone is 1. The lowest BCUT2D eigenvalue weighted by atomic mass is 10.1. The molecule has 3 rings (SSSR count). The van der Waals surface area contributed by atoms with Crippen molar-refractivity contribution in [2.45, 2.75) is 4.90 Å². The Morgan fingerprint density at radius 1 is 1.00 bits per heavy atom. The van der Waals surface area contributed by atoms with E-state index in [1.165, 1.54) is 18.2 Å². The number of rotatable bonds is 3. The van der Waals surface area contributed by atoms with Crippen LogP contribution in [-0.4, -0.2) is 36.8 Å². The molecule has 0 bridgehead atoms. The zero-order valence-corrected chi connectivity index (χ0v) is 13.0. The average Bonchev–Trinajstić information content (AvgIpc) is 2.57. The molecule has 2 aromatic rings. The predicted molar refractivity (Wildman–Crippen MR) is 86.2 cm³/mol. The van der Waals surface area contributed by atoms with Crippen molar-refractivity contribution in [3.05, 3.63) is 71.4 Å². The number of sulfonamides is 1. The summed E-state index contributed by atoms with van der Waals surface area (Å²) >= 11 is 0. The van der Waals surface area contributed by atoms with Gasteiger partial charge in [0.05, 0.1) is 18.0 Å². The molecule has 5 nitrogen and oxygen atoms in total. The van der Waals surface area contributed by atoms with Crippen LogP contribution in [0.5, 0.6) is 0 Å². The zero-order chi connectivity index (χ0) is 16.4. The van der Waals surface area contributed by atoms with Crippen LogP contribution in [0.4, 0.5) is 0 Å². The Bertz CT molecular complexity index is 872. The van der Waals surface area contributed by atoms with Crippen LogP contribution in [0.25, 0.3) is 6.08 Å². The molecule has 0 aromatic heterocycles. The van der Waals surface area contributed by atoms with E-state index in [0.717, 1.165) is 4.31 Å². The third kappa shape index (κ3) is 2.67. The van der Waals surface area contributed by atoms with Gasteiger partial charge in [0.15, 0.2) is 0 Å². The van der Waals surface area contributed by atoms with E-state index in [0.29, 0.717) is 5.56 Å². The summed E-state index contributed by atoms with van der Waals surface area (Å²) < 4.78 is 26.5. The SMILES string of the molecule is O=C1C(=Cc2ccccc2)N(CCO)S(=O)(=O)c2ccccc21. The number of β-amino-alcohol motifs (C(OH)–C–C–N with tert-alkyl or cyclic N) is 1. The summed E-state index contributed by atoms with van der Waals surface area (Å²) in [5, 5.41) is 9.22. The van der Waals surface area contributed by atoms with Crippen LogP contribution >= 0.6 is 0 Å². The largest absolute Gasteiger partial charge is 0.394 e. The zero-order valence-electron chi connectivity index (χ0n) is 12.2. The Hall–Kier alpha value is -2.44. The minimum absolute atomic E-state index is 0.0244. The lowest BCUT2D eigenvalue weighted by molar-refractivity contribution is 0.0998. The van der Waals surface area contributed by atoms with Gasteiger partial charge in [-0.1, -0.05) is 42.5 Å². The van der Waals surface area contributed by atoms with Gasteiger partial charge in [-0.2, -0.15) is 0 Å². The molecule has 0 atom stereocenters. The van der Waals surface area contributed by atoms with Crippen molar-refractivity contribution in [3.8, 4) is 0 Å². The Morgan fingerprint density at radius 2 is 1.65 bits per heavy atom. The van der Waals surface area contributed by atoms with Crippen molar-refractivity contribution >= 4 is 21.9 Å². The molecule has 1 N–H and O–H groups in total. The smallest absolute Gasteiger partial charge is 0.265 e. The standard InChI is InChI=1S/C17H15NO4S/c19-11-10-18-15(12-13-6-2-1-3-7-13)17(20)14-8-4-5-9-16(14)23(18,21)22/h1-9,12,19H,10-11H2. The predicted octanol–water partition coefficient (Wildman–Crippen LogP) is 1.91. The summed E-state index contributed by atoms with van der Waals surface area (Å²) in [6.07, 6.45) is 1.53. The van der Waals surface area contributed by atoms with Crippen molar-refractivity contribution in [2.24, 2.45) is 0 Å². The van der Waals surface area contributed by atoms with E-state index in [4.69, 9.17) is 0 Å². The molecule has 1 aliphatic rings. The van der Waals surface area contributed by atoms with Crippen LogP contribution < -0.4 is 0 Å². The fraction of sp³-hybridized carbons (Fsp3) is 0.118. The van der Waals surface area contributed by atoms with Gasteiger partial charge >= 0.3 is 0 Å². The van der Waals surface area contributed by atoms with E-state index in [1.807, 2.05) is 6.07 Å². The second-order valence-corrected chi connectivity index (χ2v) is 6.90. The van der Waals surface area contributed by atoms with Gasteiger partial charge in [-0.15, -0.1) is 0 Å². The van der Waals surface area contributed by atoms with Crippen molar-refractivity contribution in [2.75, 3.05) is 13.2 Å². The number of Topliss-reactive ketones (excluding diaryl/α,β-unsaturated/α-hetero) is 1. The first-order valence-electron chi connectivity index (χ1n) is 7.10. The third-order valence-electron chi connectivity index (χ3n) is 3.61. The van der Waals surface area contributed by atoms with E-state index in [2.05, 4.69) is 0 Å². The Kier molecular flexibility index (Phi) is 4.02. The molecule has 0 amide bonds. The molecule has 23 heavy (non-hydrogen) atoms. The van der Waals surface area contributed by atoms with Crippen LogP contribution in [0, 0.1) is 0 Å². The highest BCUT2D eigenvalue weighted by molar-refractivity contribution is 7.89. The van der Waals surface area contributed by atoms with Crippen LogP contribution in [0.1, 0.15) is 15.9 Å². The fourth-order valence-electron chi connectivity index (χ4n) is 2.55. The first kappa shape index (κ1) is 15.5. The lowest BCUT2D eigenvalue weighted by Gasteiger charge is -2.30. The fourth-order valence-corrected chi connectivity index (χ4v) is 4.20.